The molecule has 0 bridgehead atoms. The highest BCUT2D eigenvalue weighted by atomic mass is 16.5. The lowest BCUT2D eigenvalue weighted by molar-refractivity contribution is -0.123. The molecule has 0 radical (unpaired) electrons. The first-order chi connectivity index (χ1) is 12.5. The van der Waals surface area contributed by atoms with Gasteiger partial charge in [0, 0.05) is 18.5 Å². The van der Waals surface area contributed by atoms with Crippen LogP contribution in [0.3, 0.4) is 0 Å². The van der Waals surface area contributed by atoms with Crippen molar-refractivity contribution in [3.8, 4) is 5.75 Å². The number of methoxy groups -OCH3 is 1. The number of amides is 1. The second-order valence-corrected chi connectivity index (χ2v) is 6.33. The number of aliphatic hydroxyl groups is 1. The van der Waals surface area contributed by atoms with Crippen LogP contribution in [0, 0.1) is 5.92 Å². The number of H-pyrrole nitrogens is 1. The third-order valence-electron chi connectivity index (χ3n) is 4.48. The third kappa shape index (κ3) is 3.99. The number of pyridine rings is 1. The lowest BCUT2D eigenvalue weighted by atomic mass is 9.75. The molecule has 3 N–H and O–H groups in total. The zero-order valence-corrected chi connectivity index (χ0v) is 14.2. The Morgan fingerprint density at radius 3 is 2.88 bits per heavy atom. The summed E-state index contributed by atoms with van der Waals surface area (Å²) in [7, 11) is 1.53. The Morgan fingerprint density at radius 2 is 2.23 bits per heavy atom. The maximum Gasteiger partial charge on any atom is 0.328 e. The van der Waals surface area contributed by atoms with E-state index in [9.17, 15) is 19.5 Å². The molecule has 1 fully saturated rings. The van der Waals surface area contributed by atoms with Gasteiger partial charge in [-0.2, -0.15) is 0 Å². The maximum atomic E-state index is 12.4. The number of rotatable bonds is 6. The van der Waals surface area contributed by atoms with Crippen LogP contribution in [0.15, 0.2) is 40.3 Å². The Hall–Kier alpha value is -2.94. The lowest BCUT2D eigenvalue weighted by Crippen LogP contribution is -2.43. The van der Waals surface area contributed by atoms with Gasteiger partial charge in [-0.25, -0.2) is 4.79 Å². The summed E-state index contributed by atoms with van der Waals surface area (Å²) < 4.78 is 6.30. The van der Waals surface area contributed by atoms with Crippen LogP contribution in [-0.4, -0.2) is 38.8 Å². The van der Waals surface area contributed by atoms with E-state index in [4.69, 9.17) is 4.74 Å². The molecular formula is C17H20N4O5. The van der Waals surface area contributed by atoms with Gasteiger partial charge in [0.15, 0.2) is 0 Å². The molecule has 0 saturated heterocycles. The Kier molecular flexibility index (Phi) is 5.17. The smallest absolute Gasteiger partial charge is 0.328 e. The van der Waals surface area contributed by atoms with E-state index in [1.807, 2.05) is 0 Å². The molecule has 138 valence electrons. The van der Waals surface area contributed by atoms with Gasteiger partial charge in [-0.1, -0.05) is 0 Å². The number of aromatic amines is 1. The minimum absolute atomic E-state index is 0.0650. The second-order valence-electron chi connectivity index (χ2n) is 6.33. The molecule has 0 spiro atoms. The van der Waals surface area contributed by atoms with Crippen LogP contribution in [0.1, 0.15) is 24.4 Å². The minimum atomic E-state index is -0.647. The molecule has 9 heteroatoms. The zero-order chi connectivity index (χ0) is 18.7. The fraction of sp³-hybridized carbons (Fsp3) is 0.412. The molecule has 2 heterocycles. The van der Waals surface area contributed by atoms with Crippen LogP contribution in [0.25, 0.3) is 0 Å². The number of nitrogens with zero attached hydrogens (tertiary/aromatic N) is 2. The van der Waals surface area contributed by atoms with Gasteiger partial charge in [0.1, 0.15) is 12.3 Å². The molecule has 1 saturated carbocycles. The standard InChI is InChI=1S/C17H20N4O5/c1-26-13-6-11(7-18-8-13)16(10-4-12(22)5-10)19-15(24)9-21-3-2-14(23)20-17(21)25/h2-3,6-8,10,12,16,22H,4-5,9H2,1H3,(H,19,24)(H,20,23,25)/t10?,12?,16-/m0/s1. The van der Waals surface area contributed by atoms with E-state index in [-0.39, 0.29) is 30.5 Å². The van der Waals surface area contributed by atoms with Crippen molar-refractivity contribution in [2.24, 2.45) is 5.92 Å². The molecule has 0 aromatic carbocycles. The third-order valence-corrected chi connectivity index (χ3v) is 4.48. The summed E-state index contributed by atoms with van der Waals surface area (Å²) in [5, 5.41) is 12.5. The first-order valence-corrected chi connectivity index (χ1v) is 8.22. The van der Waals surface area contributed by atoms with E-state index in [1.165, 1.54) is 19.4 Å². The van der Waals surface area contributed by atoms with Crippen molar-refractivity contribution in [2.45, 2.75) is 31.5 Å². The summed E-state index contributed by atoms with van der Waals surface area (Å²) in [4.78, 5) is 41.5. The van der Waals surface area contributed by atoms with Crippen LogP contribution in [0.2, 0.25) is 0 Å². The first kappa shape index (κ1) is 17.9. The number of ether oxygens (including phenoxy) is 1. The Labute approximate surface area is 148 Å². The van der Waals surface area contributed by atoms with Crippen molar-refractivity contribution in [1.82, 2.24) is 19.9 Å². The molecular weight excluding hydrogens is 340 g/mol. The van der Waals surface area contributed by atoms with Gasteiger partial charge in [0.2, 0.25) is 5.91 Å². The Bertz CT molecular complexity index is 900. The summed E-state index contributed by atoms with van der Waals surface area (Å²) in [6, 6.07) is 2.61. The summed E-state index contributed by atoms with van der Waals surface area (Å²) in [5.41, 5.74) is -0.398. The number of carbonyl (C=O) groups is 1. The molecule has 1 amide bonds. The molecule has 2 aromatic heterocycles. The van der Waals surface area contributed by atoms with Crippen molar-refractivity contribution in [3.63, 3.8) is 0 Å². The van der Waals surface area contributed by atoms with Gasteiger partial charge >= 0.3 is 5.69 Å². The van der Waals surface area contributed by atoms with Gasteiger partial charge in [-0.3, -0.25) is 24.1 Å². The van der Waals surface area contributed by atoms with E-state index in [0.29, 0.717) is 18.6 Å². The van der Waals surface area contributed by atoms with Crippen molar-refractivity contribution in [3.05, 3.63) is 57.1 Å². The first-order valence-electron chi connectivity index (χ1n) is 8.22. The molecule has 1 aliphatic carbocycles. The summed E-state index contributed by atoms with van der Waals surface area (Å²) in [6.07, 6.45) is 5.25. The van der Waals surface area contributed by atoms with Crippen molar-refractivity contribution in [1.29, 1.82) is 0 Å². The van der Waals surface area contributed by atoms with E-state index in [1.54, 1.807) is 18.5 Å². The molecule has 2 aromatic rings. The topological polar surface area (TPSA) is 126 Å². The molecule has 1 aliphatic rings. The van der Waals surface area contributed by atoms with Crippen molar-refractivity contribution >= 4 is 5.91 Å². The molecule has 9 nitrogen and oxygen atoms in total. The largest absolute Gasteiger partial charge is 0.495 e. The average Bonchev–Trinajstić information content (AvgIpc) is 2.60. The zero-order valence-electron chi connectivity index (χ0n) is 14.2. The Balaban J connectivity index is 1.77. The summed E-state index contributed by atoms with van der Waals surface area (Å²) in [6.45, 7) is -0.223. The number of carbonyl (C=O) groups excluding carboxylic acids is 1. The van der Waals surface area contributed by atoms with Crippen LogP contribution < -0.4 is 21.3 Å². The molecule has 1 atom stereocenters. The molecule has 3 rings (SSSR count). The number of hydrogen-bond acceptors (Lipinski definition) is 6. The normalized spacial score (nSPS) is 20.1. The Morgan fingerprint density at radius 1 is 1.46 bits per heavy atom. The number of aromatic nitrogens is 3. The van der Waals surface area contributed by atoms with Gasteiger partial charge in [0.05, 0.1) is 25.5 Å². The molecule has 0 unspecified atom stereocenters. The quantitative estimate of drug-likeness (QED) is 0.642. The van der Waals surface area contributed by atoms with Crippen molar-refractivity contribution in [2.75, 3.05) is 7.11 Å². The number of aliphatic hydroxyl groups excluding tert-OH is 1. The summed E-state index contributed by atoms with van der Waals surface area (Å²) in [5.74, 6) is 0.252. The minimum Gasteiger partial charge on any atom is -0.495 e. The molecule has 26 heavy (non-hydrogen) atoms. The van der Waals surface area contributed by atoms with Crippen LogP contribution >= 0.6 is 0 Å². The van der Waals surface area contributed by atoms with Crippen LogP contribution in [0.5, 0.6) is 5.75 Å². The predicted octanol–water partition coefficient (Wildman–Crippen LogP) is -0.431. The van der Waals surface area contributed by atoms with Gasteiger partial charge in [-0.15, -0.1) is 0 Å². The SMILES string of the molecule is COc1cncc([C@@H](NC(=O)Cn2ccc(=O)[nH]c2=O)C2CC(O)C2)c1. The van der Waals surface area contributed by atoms with Gasteiger partial charge in [-0.05, 0) is 30.4 Å². The van der Waals surface area contributed by atoms with Crippen molar-refractivity contribution < 1.29 is 14.6 Å². The fourth-order valence-electron chi connectivity index (χ4n) is 3.04. The number of nitrogens with one attached hydrogen (secondary N) is 2. The van der Waals surface area contributed by atoms with E-state index < -0.39 is 11.2 Å². The van der Waals surface area contributed by atoms with E-state index >= 15 is 0 Å². The van der Waals surface area contributed by atoms with Gasteiger partial charge < -0.3 is 15.2 Å². The van der Waals surface area contributed by atoms with Crippen LogP contribution in [0.4, 0.5) is 0 Å². The predicted molar refractivity (Wildman–Crippen MR) is 91.7 cm³/mol. The number of hydrogen-bond donors (Lipinski definition) is 3. The second kappa shape index (κ2) is 7.52. The molecule has 0 aliphatic heterocycles. The van der Waals surface area contributed by atoms with Crippen LogP contribution in [-0.2, 0) is 11.3 Å². The summed E-state index contributed by atoms with van der Waals surface area (Å²) >= 11 is 0. The average molecular weight is 360 g/mol. The highest BCUT2D eigenvalue weighted by molar-refractivity contribution is 5.76. The van der Waals surface area contributed by atoms with E-state index in [2.05, 4.69) is 15.3 Å². The lowest BCUT2D eigenvalue weighted by Gasteiger charge is -2.38. The highest BCUT2D eigenvalue weighted by Crippen LogP contribution is 2.38. The van der Waals surface area contributed by atoms with Gasteiger partial charge in [0.25, 0.3) is 5.56 Å². The monoisotopic (exact) mass is 360 g/mol. The highest BCUT2D eigenvalue weighted by Gasteiger charge is 2.36. The fourth-order valence-corrected chi connectivity index (χ4v) is 3.04. The van der Waals surface area contributed by atoms with E-state index in [0.717, 1.165) is 10.1 Å². The maximum absolute atomic E-state index is 12.4.